The number of nitrogens with two attached hydrogens (primary N) is 1. The molecule has 1 heterocycles. The van der Waals surface area contributed by atoms with Crippen LogP contribution in [0.2, 0.25) is 0 Å². The maximum Gasteiger partial charge on any atom is 0.150 e. The zero-order chi connectivity index (χ0) is 12.5. The fourth-order valence-corrected chi connectivity index (χ4v) is 4.15. The second kappa shape index (κ2) is 4.99. The second-order valence-electron chi connectivity index (χ2n) is 4.73. The molecule has 0 aliphatic heterocycles. The lowest BCUT2D eigenvalue weighted by molar-refractivity contribution is 0.305. The van der Waals surface area contributed by atoms with Crippen LogP contribution < -0.4 is 5.73 Å². The molecule has 0 radical (unpaired) electrons. The van der Waals surface area contributed by atoms with E-state index in [1.54, 1.807) is 0 Å². The van der Waals surface area contributed by atoms with E-state index < -0.39 is 9.84 Å². The Kier molecular flexibility index (Phi) is 3.79. The number of hydrogen-bond donors (Lipinski definition) is 1. The zero-order valence-corrected chi connectivity index (χ0v) is 11.4. The van der Waals surface area contributed by atoms with Crippen LogP contribution in [0.1, 0.15) is 37.4 Å². The minimum Gasteiger partial charge on any atom is -0.322 e. The quantitative estimate of drug-likeness (QED) is 0.894. The zero-order valence-electron chi connectivity index (χ0n) is 9.74. The van der Waals surface area contributed by atoms with Crippen LogP contribution in [0.15, 0.2) is 5.38 Å². The molecule has 0 spiro atoms. The summed E-state index contributed by atoms with van der Waals surface area (Å²) in [7, 11) is -2.95. The molecule has 3 atom stereocenters. The van der Waals surface area contributed by atoms with Gasteiger partial charge in [0.05, 0.1) is 17.0 Å². The number of hydrogen-bond acceptors (Lipinski definition) is 6. The first-order valence-corrected chi connectivity index (χ1v) is 8.49. The SMILES string of the molecule is CS(=O)(=O)C1CCCC(C(N)c2csnn2)C1. The monoisotopic (exact) mass is 275 g/mol. The van der Waals surface area contributed by atoms with Crippen molar-refractivity contribution >= 4 is 21.4 Å². The van der Waals surface area contributed by atoms with Crippen molar-refractivity contribution in [2.24, 2.45) is 11.7 Å². The first-order chi connectivity index (χ1) is 7.98. The lowest BCUT2D eigenvalue weighted by atomic mass is 9.83. The third kappa shape index (κ3) is 3.02. The normalized spacial score (nSPS) is 27.9. The minimum atomic E-state index is -2.95. The van der Waals surface area contributed by atoms with Crippen LogP contribution in [0.25, 0.3) is 0 Å². The van der Waals surface area contributed by atoms with E-state index in [4.69, 9.17) is 5.73 Å². The first kappa shape index (κ1) is 12.9. The summed E-state index contributed by atoms with van der Waals surface area (Å²) in [5.74, 6) is 0.201. The van der Waals surface area contributed by atoms with Gasteiger partial charge in [-0.3, -0.25) is 0 Å². The molecule has 96 valence electrons. The Balaban J connectivity index is 2.07. The van der Waals surface area contributed by atoms with Gasteiger partial charge in [0.1, 0.15) is 9.84 Å². The molecule has 0 bridgehead atoms. The van der Waals surface area contributed by atoms with E-state index in [9.17, 15) is 8.42 Å². The molecule has 2 N–H and O–H groups in total. The lowest BCUT2D eigenvalue weighted by Crippen LogP contribution is -2.33. The number of nitrogens with zero attached hydrogens (tertiary/aromatic N) is 2. The average molecular weight is 275 g/mol. The maximum absolute atomic E-state index is 11.6. The van der Waals surface area contributed by atoms with E-state index in [2.05, 4.69) is 9.59 Å². The molecular formula is C10H17N3O2S2. The molecule has 0 saturated heterocycles. The van der Waals surface area contributed by atoms with Crippen LogP contribution in [0.5, 0.6) is 0 Å². The van der Waals surface area contributed by atoms with Gasteiger partial charge in [-0.25, -0.2) is 8.42 Å². The minimum absolute atomic E-state index is 0.182. The van der Waals surface area contributed by atoms with Crippen LogP contribution in [0, 0.1) is 5.92 Å². The third-order valence-electron chi connectivity index (χ3n) is 3.50. The van der Waals surface area contributed by atoms with Crippen molar-refractivity contribution in [3.8, 4) is 0 Å². The number of aromatic nitrogens is 2. The molecule has 1 aliphatic rings. The maximum atomic E-state index is 11.6. The molecular weight excluding hydrogens is 258 g/mol. The Hall–Kier alpha value is -0.530. The lowest BCUT2D eigenvalue weighted by Gasteiger charge is -2.31. The molecule has 0 amide bonds. The fourth-order valence-electron chi connectivity index (χ4n) is 2.45. The molecule has 17 heavy (non-hydrogen) atoms. The summed E-state index contributed by atoms with van der Waals surface area (Å²) in [6.45, 7) is 0. The van der Waals surface area contributed by atoms with Crippen LogP contribution in [0.4, 0.5) is 0 Å². The molecule has 1 aromatic rings. The first-order valence-electron chi connectivity index (χ1n) is 5.70. The summed E-state index contributed by atoms with van der Waals surface area (Å²) in [5, 5.41) is 5.58. The van der Waals surface area contributed by atoms with Gasteiger partial charge in [-0.05, 0) is 36.7 Å². The Morgan fingerprint density at radius 3 is 2.88 bits per heavy atom. The molecule has 2 rings (SSSR count). The van der Waals surface area contributed by atoms with Gasteiger partial charge in [-0.15, -0.1) is 5.10 Å². The fraction of sp³-hybridized carbons (Fsp3) is 0.800. The van der Waals surface area contributed by atoms with Crippen molar-refractivity contribution in [3.63, 3.8) is 0 Å². The molecule has 0 aromatic carbocycles. The second-order valence-corrected chi connectivity index (χ2v) is 7.67. The van der Waals surface area contributed by atoms with Gasteiger partial charge in [0.2, 0.25) is 0 Å². The molecule has 1 fully saturated rings. The predicted octanol–water partition coefficient (Wildman–Crippen LogP) is 1.14. The molecule has 1 saturated carbocycles. The van der Waals surface area contributed by atoms with E-state index in [0.717, 1.165) is 25.0 Å². The predicted molar refractivity (Wildman–Crippen MR) is 67.4 cm³/mol. The molecule has 1 aliphatic carbocycles. The Morgan fingerprint density at radius 2 is 2.29 bits per heavy atom. The number of sulfone groups is 1. The Bertz CT molecular complexity index is 458. The van der Waals surface area contributed by atoms with Crippen molar-refractivity contribution in [1.29, 1.82) is 0 Å². The van der Waals surface area contributed by atoms with E-state index in [1.165, 1.54) is 17.8 Å². The van der Waals surface area contributed by atoms with Crippen molar-refractivity contribution < 1.29 is 8.42 Å². The highest BCUT2D eigenvalue weighted by Gasteiger charge is 2.32. The summed E-state index contributed by atoms with van der Waals surface area (Å²) < 4.78 is 26.9. The summed E-state index contributed by atoms with van der Waals surface area (Å²) in [5.41, 5.74) is 6.92. The topological polar surface area (TPSA) is 85.9 Å². The highest BCUT2D eigenvalue weighted by atomic mass is 32.2. The van der Waals surface area contributed by atoms with Gasteiger partial charge in [-0.2, -0.15) is 0 Å². The van der Waals surface area contributed by atoms with Crippen molar-refractivity contribution in [3.05, 3.63) is 11.1 Å². The molecule has 5 nitrogen and oxygen atoms in total. The standard InChI is InChI=1S/C10H17N3O2S2/c1-17(14,15)8-4-2-3-7(5-8)10(11)9-6-16-13-12-9/h6-8,10H,2-5,11H2,1H3. The Labute approximate surface area is 105 Å². The number of rotatable bonds is 3. The largest absolute Gasteiger partial charge is 0.322 e. The molecule has 3 unspecified atom stereocenters. The third-order valence-corrected chi connectivity index (χ3v) is 5.66. The van der Waals surface area contributed by atoms with Crippen LogP contribution >= 0.6 is 11.5 Å². The highest BCUT2D eigenvalue weighted by molar-refractivity contribution is 7.91. The smallest absolute Gasteiger partial charge is 0.150 e. The summed E-state index contributed by atoms with van der Waals surface area (Å²) in [4.78, 5) is 0. The molecule has 1 aromatic heterocycles. The van der Waals surface area contributed by atoms with E-state index in [0.29, 0.717) is 6.42 Å². The van der Waals surface area contributed by atoms with Gasteiger partial charge < -0.3 is 5.73 Å². The summed E-state index contributed by atoms with van der Waals surface area (Å²) in [6, 6.07) is -0.182. The van der Waals surface area contributed by atoms with Crippen molar-refractivity contribution in [2.75, 3.05) is 6.26 Å². The van der Waals surface area contributed by atoms with Gasteiger partial charge >= 0.3 is 0 Å². The van der Waals surface area contributed by atoms with Crippen LogP contribution in [0.3, 0.4) is 0 Å². The van der Waals surface area contributed by atoms with Crippen molar-refractivity contribution in [1.82, 2.24) is 9.59 Å². The van der Waals surface area contributed by atoms with Gasteiger partial charge in [0.15, 0.2) is 0 Å². The van der Waals surface area contributed by atoms with Crippen LogP contribution in [-0.2, 0) is 9.84 Å². The van der Waals surface area contributed by atoms with Gasteiger partial charge in [-0.1, -0.05) is 10.9 Å². The van der Waals surface area contributed by atoms with E-state index >= 15 is 0 Å². The van der Waals surface area contributed by atoms with Gasteiger partial charge in [0, 0.05) is 11.6 Å². The van der Waals surface area contributed by atoms with Gasteiger partial charge in [0.25, 0.3) is 0 Å². The summed E-state index contributed by atoms with van der Waals surface area (Å²) in [6.07, 6.45) is 4.63. The summed E-state index contributed by atoms with van der Waals surface area (Å²) >= 11 is 1.28. The Morgan fingerprint density at radius 1 is 1.53 bits per heavy atom. The van der Waals surface area contributed by atoms with E-state index in [1.807, 2.05) is 5.38 Å². The highest BCUT2D eigenvalue weighted by Crippen LogP contribution is 2.35. The van der Waals surface area contributed by atoms with Crippen LogP contribution in [-0.4, -0.2) is 29.5 Å². The van der Waals surface area contributed by atoms with E-state index in [-0.39, 0.29) is 17.2 Å². The molecule has 7 heteroatoms. The average Bonchev–Trinajstić information content (AvgIpc) is 2.80. The van der Waals surface area contributed by atoms with Crippen molar-refractivity contribution in [2.45, 2.75) is 37.0 Å².